The Morgan fingerprint density at radius 1 is 1.32 bits per heavy atom. The summed E-state index contributed by atoms with van der Waals surface area (Å²) in [4.78, 5) is 33.6. The van der Waals surface area contributed by atoms with Crippen LogP contribution in [0.2, 0.25) is 0 Å². The molecule has 2 amide bonds. The van der Waals surface area contributed by atoms with Crippen molar-refractivity contribution in [1.82, 2.24) is 19.7 Å². The minimum Gasteiger partial charge on any atom is -0.365 e. The number of carbonyl (C=O) groups is 2. The first kappa shape index (κ1) is 18.5. The topological polar surface area (TPSA) is 116 Å². The molecule has 1 fully saturated rings. The van der Waals surface area contributed by atoms with Crippen LogP contribution in [0.3, 0.4) is 0 Å². The van der Waals surface area contributed by atoms with E-state index in [1.807, 2.05) is 17.7 Å². The van der Waals surface area contributed by atoms with Gasteiger partial charge in [0.1, 0.15) is 4.88 Å². The van der Waals surface area contributed by atoms with Gasteiger partial charge in [0.25, 0.3) is 11.8 Å². The number of nitrogens with two attached hydrogens (primary N) is 1. The average molecular weight is 398 g/mol. The lowest BCUT2D eigenvalue weighted by Gasteiger charge is -2.20. The van der Waals surface area contributed by atoms with E-state index >= 15 is 0 Å². The van der Waals surface area contributed by atoms with Gasteiger partial charge in [-0.25, -0.2) is 14.6 Å². The summed E-state index contributed by atoms with van der Waals surface area (Å²) in [5.41, 5.74) is 7.91. The molecule has 0 radical (unpaired) electrons. The predicted molar refractivity (Wildman–Crippen MR) is 108 cm³/mol. The zero-order valence-electron chi connectivity index (χ0n) is 16.2. The Bertz CT molecular complexity index is 1100. The van der Waals surface area contributed by atoms with Crippen LogP contribution in [0.25, 0.3) is 11.0 Å². The second kappa shape index (κ2) is 6.37. The second-order valence-electron chi connectivity index (χ2n) is 8.08. The average Bonchev–Trinajstić information content (AvgIpc) is 3.26. The maximum atomic E-state index is 13.1. The van der Waals surface area contributed by atoms with E-state index in [2.05, 4.69) is 36.2 Å². The molecule has 0 atom stereocenters. The van der Waals surface area contributed by atoms with Gasteiger partial charge in [-0.2, -0.15) is 5.10 Å². The summed E-state index contributed by atoms with van der Waals surface area (Å²) in [6, 6.07) is 1.86. The van der Waals surface area contributed by atoms with E-state index in [0.29, 0.717) is 21.5 Å². The highest BCUT2D eigenvalue weighted by molar-refractivity contribution is 7.17. The molecule has 1 aliphatic rings. The summed E-state index contributed by atoms with van der Waals surface area (Å²) in [7, 11) is 0. The molecule has 28 heavy (non-hydrogen) atoms. The molecule has 0 aliphatic heterocycles. The molecule has 3 aromatic heterocycles. The fourth-order valence-electron chi connectivity index (χ4n) is 3.15. The van der Waals surface area contributed by atoms with Crippen molar-refractivity contribution in [2.24, 2.45) is 5.73 Å². The summed E-state index contributed by atoms with van der Waals surface area (Å²) in [5, 5.41) is 8.51. The van der Waals surface area contributed by atoms with Crippen LogP contribution in [-0.4, -0.2) is 31.6 Å². The number of primary amides is 1. The van der Waals surface area contributed by atoms with Crippen LogP contribution in [0.1, 0.15) is 70.9 Å². The van der Waals surface area contributed by atoms with Gasteiger partial charge >= 0.3 is 0 Å². The van der Waals surface area contributed by atoms with Crippen LogP contribution in [-0.2, 0) is 5.54 Å². The van der Waals surface area contributed by atoms with Crippen LogP contribution >= 0.6 is 11.3 Å². The number of anilines is 1. The number of aromatic nitrogens is 4. The molecule has 3 heterocycles. The Morgan fingerprint density at radius 2 is 2.04 bits per heavy atom. The highest BCUT2D eigenvalue weighted by atomic mass is 32.1. The molecule has 0 saturated heterocycles. The van der Waals surface area contributed by atoms with E-state index in [1.165, 1.54) is 6.20 Å². The lowest BCUT2D eigenvalue weighted by atomic mass is 10.1. The van der Waals surface area contributed by atoms with Crippen molar-refractivity contribution in [1.29, 1.82) is 0 Å². The van der Waals surface area contributed by atoms with E-state index < -0.39 is 5.91 Å². The summed E-state index contributed by atoms with van der Waals surface area (Å²) < 4.78 is 1.88. The normalized spacial score (nSPS) is 14.4. The van der Waals surface area contributed by atoms with E-state index in [9.17, 15) is 9.59 Å². The number of rotatable bonds is 4. The molecule has 0 unspecified atom stereocenters. The fourth-order valence-corrected chi connectivity index (χ4v) is 3.82. The Hall–Kier alpha value is -2.81. The molecule has 4 rings (SSSR count). The predicted octanol–water partition coefficient (Wildman–Crippen LogP) is 3.18. The number of carbonyl (C=O) groups excluding carboxylic acids is 2. The van der Waals surface area contributed by atoms with Crippen molar-refractivity contribution in [2.75, 3.05) is 5.32 Å². The maximum absolute atomic E-state index is 13.1. The number of hydrogen-bond donors (Lipinski definition) is 2. The monoisotopic (exact) mass is 398 g/mol. The standard InChI is InChI=1S/C19H22N6O2S/c1-9-14-11(17(27)23-18-21-8-13(28-18)15(20)26)7-12(10-5-6-10)22-16(14)25(24-9)19(2,3)4/h7-8,10H,5-6H2,1-4H3,(H2,20,26)(H,21,23,27). The molecular weight excluding hydrogens is 376 g/mol. The third kappa shape index (κ3) is 3.26. The quantitative estimate of drug-likeness (QED) is 0.700. The van der Waals surface area contributed by atoms with E-state index in [-0.39, 0.29) is 11.4 Å². The molecule has 0 aromatic carbocycles. The first-order chi connectivity index (χ1) is 13.1. The smallest absolute Gasteiger partial charge is 0.260 e. The van der Waals surface area contributed by atoms with Crippen LogP contribution in [0.15, 0.2) is 12.3 Å². The molecular formula is C19H22N6O2S. The molecule has 3 N–H and O–H groups in total. The Kier molecular flexibility index (Phi) is 4.22. The zero-order valence-corrected chi connectivity index (χ0v) is 17.1. The van der Waals surface area contributed by atoms with E-state index in [0.717, 1.165) is 46.6 Å². The minimum absolute atomic E-state index is 0.263. The first-order valence-corrected chi connectivity index (χ1v) is 9.94. The molecule has 8 nitrogen and oxygen atoms in total. The number of thiazole rings is 1. The third-order valence-electron chi connectivity index (χ3n) is 4.68. The largest absolute Gasteiger partial charge is 0.365 e. The van der Waals surface area contributed by atoms with Crippen molar-refractivity contribution in [3.63, 3.8) is 0 Å². The number of nitrogens with zero attached hydrogens (tertiary/aromatic N) is 4. The Morgan fingerprint density at radius 3 is 2.61 bits per heavy atom. The third-order valence-corrected chi connectivity index (χ3v) is 5.60. The molecule has 0 spiro atoms. The minimum atomic E-state index is -0.567. The molecule has 3 aromatic rings. The number of amides is 2. The van der Waals surface area contributed by atoms with Gasteiger partial charge < -0.3 is 5.73 Å². The summed E-state index contributed by atoms with van der Waals surface area (Å²) >= 11 is 1.05. The van der Waals surface area contributed by atoms with Gasteiger partial charge in [0.2, 0.25) is 0 Å². The van der Waals surface area contributed by atoms with Crippen LogP contribution < -0.4 is 11.1 Å². The highest BCUT2D eigenvalue weighted by Gasteiger charge is 2.30. The summed E-state index contributed by atoms with van der Waals surface area (Å²) in [6.07, 6.45) is 3.52. The first-order valence-electron chi connectivity index (χ1n) is 9.13. The van der Waals surface area contributed by atoms with Crippen molar-refractivity contribution < 1.29 is 9.59 Å². The molecule has 1 saturated carbocycles. The van der Waals surface area contributed by atoms with Gasteiger partial charge in [-0.3, -0.25) is 14.9 Å². The van der Waals surface area contributed by atoms with Gasteiger partial charge in [-0.15, -0.1) is 0 Å². The number of pyridine rings is 1. The fraction of sp³-hybridized carbons (Fsp3) is 0.421. The van der Waals surface area contributed by atoms with Crippen molar-refractivity contribution in [2.45, 2.75) is 52.0 Å². The van der Waals surface area contributed by atoms with Gasteiger partial charge in [0.15, 0.2) is 10.8 Å². The number of hydrogen-bond acceptors (Lipinski definition) is 6. The number of fused-ring (bicyclic) bond motifs is 1. The lowest BCUT2D eigenvalue weighted by molar-refractivity contribution is 0.100. The van der Waals surface area contributed by atoms with Crippen molar-refractivity contribution in [3.05, 3.63) is 34.1 Å². The molecule has 0 bridgehead atoms. The summed E-state index contributed by atoms with van der Waals surface area (Å²) in [5.74, 6) is -0.472. The van der Waals surface area contributed by atoms with Gasteiger partial charge in [-0.05, 0) is 46.6 Å². The van der Waals surface area contributed by atoms with E-state index in [4.69, 9.17) is 10.7 Å². The highest BCUT2D eigenvalue weighted by Crippen LogP contribution is 2.41. The summed E-state index contributed by atoms with van der Waals surface area (Å²) in [6.45, 7) is 8.06. The Balaban J connectivity index is 1.81. The van der Waals surface area contributed by atoms with Gasteiger partial charge in [-0.1, -0.05) is 11.3 Å². The SMILES string of the molecule is Cc1nn(C(C)(C)C)c2nc(C3CC3)cc(C(=O)Nc3ncc(C(N)=O)s3)c12. The van der Waals surface area contributed by atoms with Crippen LogP contribution in [0.5, 0.6) is 0 Å². The van der Waals surface area contributed by atoms with E-state index in [1.54, 1.807) is 0 Å². The number of aryl methyl sites for hydroxylation is 1. The second-order valence-corrected chi connectivity index (χ2v) is 9.11. The van der Waals surface area contributed by atoms with Crippen molar-refractivity contribution in [3.8, 4) is 0 Å². The molecule has 146 valence electrons. The molecule has 9 heteroatoms. The van der Waals surface area contributed by atoms with Gasteiger partial charge in [0.05, 0.1) is 28.4 Å². The van der Waals surface area contributed by atoms with Crippen LogP contribution in [0.4, 0.5) is 5.13 Å². The lowest BCUT2D eigenvalue weighted by Crippen LogP contribution is -2.23. The van der Waals surface area contributed by atoms with Gasteiger partial charge in [0, 0.05) is 11.6 Å². The van der Waals surface area contributed by atoms with Crippen LogP contribution in [0, 0.1) is 6.92 Å². The molecule has 1 aliphatic carbocycles. The maximum Gasteiger partial charge on any atom is 0.260 e. The zero-order chi connectivity index (χ0) is 20.2. The van der Waals surface area contributed by atoms with Crippen molar-refractivity contribution >= 4 is 39.3 Å². The Labute approximate surface area is 166 Å². The number of nitrogens with one attached hydrogen (secondary N) is 1.